The Labute approximate surface area is 139 Å². The highest BCUT2D eigenvalue weighted by atomic mass is 79.9. The predicted molar refractivity (Wildman–Crippen MR) is 85.3 cm³/mol. The molecule has 0 amide bonds. The van der Waals surface area contributed by atoms with Crippen LogP contribution in [0.15, 0.2) is 57.5 Å². The van der Waals surface area contributed by atoms with Crippen molar-refractivity contribution in [1.29, 1.82) is 0 Å². The largest absolute Gasteiger partial charge is 0.463 e. The third-order valence-corrected chi connectivity index (χ3v) is 3.56. The summed E-state index contributed by atoms with van der Waals surface area (Å²) in [6, 6.07) is 14.1. The van der Waals surface area contributed by atoms with E-state index >= 15 is 0 Å². The molecule has 2 rings (SSSR count). The van der Waals surface area contributed by atoms with Gasteiger partial charge < -0.3 is 14.2 Å². The number of hydrogen-bond acceptors (Lipinski definition) is 4. The topological polar surface area (TPSA) is 44.8 Å². The molecule has 0 aliphatic rings. The lowest BCUT2D eigenvalue weighted by Gasteiger charge is -2.18. The molecule has 0 fully saturated rings. The molecule has 21 heavy (non-hydrogen) atoms. The first kappa shape index (κ1) is 15.9. The number of benzene rings is 2. The monoisotopic (exact) mass is 414 g/mol. The van der Waals surface area contributed by atoms with Gasteiger partial charge in [0.05, 0.1) is 7.11 Å². The van der Waals surface area contributed by atoms with E-state index in [0.717, 1.165) is 8.95 Å². The van der Waals surface area contributed by atoms with Crippen LogP contribution >= 0.6 is 31.9 Å². The maximum Gasteiger partial charge on any atom is 0.389 e. The average molecular weight is 416 g/mol. The lowest BCUT2D eigenvalue weighted by atomic mass is 10.3. The molecule has 0 aromatic heterocycles. The second-order valence-corrected chi connectivity index (χ2v) is 5.83. The van der Waals surface area contributed by atoms with Crippen molar-refractivity contribution in [3.63, 3.8) is 0 Å². The van der Waals surface area contributed by atoms with Crippen LogP contribution in [0.3, 0.4) is 0 Å². The van der Waals surface area contributed by atoms with E-state index in [-0.39, 0.29) is 0 Å². The van der Waals surface area contributed by atoms with E-state index in [0.29, 0.717) is 11.5 Å². The van der Waals surface area contributed by atoms with Crippen molar-refractivity contribution < 1.29 is 19.0 Å². The molecule has 0 heterocycles. The van der Waals surface area contributed by atoms with Gasteiger partial charge in [0.25, 0.3) is 0 Å². The number of carbonyl (C=O) groups is 1. The zero-order valence-electron chi connectivity index (χ0n) is 11.1. The molecule has 0 radical (unpaired) electrons. The van der Waals surface area contributed by atoms with E-state index < -0.39 is 12.3 Å². The maximum atomic E-state index is 11.8. The average Bonchev–Trinajstić information content (AvgIpc) is 2.50. The summed E-state index contributed by atoms with van der Waals surface area (Å²) >= 11 is 6.66. The van der Waals surface area contributed by atoms with E-state index in [1.807, 2.05) is 24.3 Å². The number of ether oxygens (including phenoxy) is 3. The Morgan fingerprint density at radius 2 is 1.24 bits per heavy atom. The number of esters is 1. The van der Waals surface area contributed by atoms with Gasteiger partial charge in [-0.05, 0) is 48.5 Å². The Bertz CT molecular complexity index is 549. The van der Waals surface area contributed by atoms with Gasteiger partial charge in [0.2, 0.25) is 0 Å². The minimum Gasteiger partial charge on any atom is -0.463 e. The molecule has 0 aliphatic heterocycles. The molecule has 0 saturated heterocycles. The van der Waals surface area contributed by atoms with Gasteiger partial charge in [-0.3, -0.25) is 0 Å². The molecule has 2 aromatic rings. The Kier molecular flexibility index (Phi) is 5.64. The first-order valence-corrected chi connectivity index (χ1v) is 7.59. The standard InChI is InChI=1S/C15H12Br2O4/c1-19-14(18)15(20-12-6-2-10(16)3-7-12)21-13-8-4-11(17)5-9-13/h2-9,15H,1H3. The van der Waals surface area contributed by atoms with Crippen molar-refractivity contribution in [2.75, 3.05) is 7.11 Å². The van der Waals surface area contributed by atoms with Crippen LogP contribution < -0.4 is 9.47 Å². The summed E-state index contributed by atoms with van der Waals surface area (Å²) in [7, 11) is 1.28. The number of rotatable bonds is 5. The molecular weight excluding hydrogens is 404 g/mol. The van der Waals surface area contributed by atoms with Crippen LogP contribution in [0.4, 0.5) is 0 Å². The highest BCUT2D eigenvalue weighted by molar-refractivity contribution is 9.10. The number of halogens is 2. The molecule has 0 atom stereocenters. The number of hydrogen-bond donors (Lipinski definition) is 0. The molecule has 110 valence electrons. The van der Waals surface area contributed by atoms with Crippen molar-refractivity contribution in [2.24, 2.45) is 0 Å². The summed E-state index contributed by atoms with van der Waals surface area (Å²) in [6.45, 7) is 0. The van der Waals surface area contributed by atoms with Gasteiger partial charge in [-0.2, -0.15) is 0 Å². The molecule has 0 bridgehead atoms. The molecule has 4 nitrogen and oxygen atoms in total. The minimum absolute atomic E-state index is 0.505. The molecule has 0 spiro atoms. The number of methoxy groups -OCH3 is 1. The summed E-state index contributed by atoms with van der Waals surface area (Å²) in [4.78, 5) is 11.8. The Morgan fingerprint density at radius 3 is 1.57 bits per heavy atom. The van der Waals surface area contributed by atoms with Crippen LogP contribution in [0.2, 0.25) is 0 Å². The number of carbonyl (C=O) groups excluding carboxylic acids is 1. The zero-order chi connectivity index (χ0) is 15.2. The van der Waals surface area contributed by atoms with Crippen LogP contribution in [0.1, 0.15) is 0 Å². The molecule has 2 aromatic carbocycles. The van der Waals surface area contributed by atoms with Gasteiger partial charge in [0.15, 0.2) is 0 Å². The highest BCUT2D eigenvalue weighted by Gasteiger charge is 2.23. The third-order valence-electron chi connectivity index (χ3n) is 2.51. The summed E-state index contributed by atoms with van der Waals surface area (Å²) < 4.78 is 17.6. The molecular formula is C15H12Br2O4. The molecule has 0 unspecified atom stereocenters. The summed E-state index contributed by atoms with van der Waals surface area (Å²) in [5.41, 5.74) is 0. The first-order valence-electron chi connectivity index (χ1n) is 6.01. The van der Waals surface area contributed by atoms with E-state index in [2.05, 4.69) is 31.9 Å². The van der Waals surface area contributed by atoms with E-state index in [4.69, 9.17) is 14.2 Å². The Morgan fingerprint density at radius 1 is 0.857 bits per heavy atom. The Hall–Kier alpha value is -1.53. The molecule has 0 aliphatic carbocycles. The molecule has 0 N–H and O–H groups in total. The Balaban J connectivity index is 2.12. The quantitative estimate of drug-likeness (QED) is 0.543. The minimum atomic E-state index is -1.17. The third kappa shape index (κ3) is 4.75. The summed E-state index contributed by atoms with van der Waals surface area (Å²) in [6.07, 6.45) is -1.17. The fourth-order valence-electron chi connectivity index (χ4n) is 1.49. The second-order valence-electron chi connectivity index (χ2n) is 4.00. The first-order chi connectivity index (χ1) is 10.1. The summed E-state index contributed by atoms with van der Waals surface area (Å²) in [5, 5.41) is 0. The normalized spacial score (nSPS) is 10.3. The van der Waals surface area contributed by atoms with Crippen LogP contribution in [0, 0.1) is 0 Å². The lowest BCUT2D eigenvalue weighted by Crippen LogP contribution is -2.34. The van der Waals surface area contributed by atoms with Crippen LogP contribution in [0.5, 0.6) is 11.5 Å². The van der Waals surface area contributed by atoms with E-state index in [1.54, 1.807) is 24.3 Å². The smallest absolute Gasteiger partial charge is 0.389 e. The summed E-state index contributed by atoms with van der Waals surface area (Å²) in [5.74, 6) is 0.400. The van der Waals surface area contributed by atoms with Crippen LogP contribution in [-0.2, 0) is 9.53 Å². The molecule has 0 saturated carbocycles. The fourth-order valence-corrected chi connectivity index (χ4v) is 2.02. The van der Waals surface area contributed by atoms with E-state index in [9.17, 15) is 4.79 Å². The van der Waals surface area contributed by atoms with Gasteiger partial charge >= 0.3 is 12.3 Å². The lowest BCUT2D eigenvalue weighted by molar-refractivity contribution is -0.162. The van der Waals surface area contributed by atoms with Crippen molar-refractivity contribution in [3.05, 3.63) is 57.5 Å². The van der Waals surface area contributed by atoms with Gasteiger partial charge in [0, 0.05) is 8.95 Å². The predicted octanol–water partition coefficient (Wildman–Crippen LogP) is 4.17. The van der Waals surface area contributed by atoms with Crippen molar-refractivity contribution in [2.45, 2.75) is 6.29 Å². The second kappa shape index (κ2) is 7.47. The van der Waals surface area contributed by atoms with Crippen molar-refractivity contribution in [3.8, 4) is 11.5 Å². The van der Waals surface area contributed by atoms with Crippen molar-refractivity contribution in [1.82, 2.24) is 0 Å². The zero-order valence-corrected chi connectivity index (χ0v) is 14.3. The van der Waals surface area contributed by atoms with Gasteiger partial charge in [-0.15, -0.1) is 0 Å². The van der Waals surface area contributed by atoms with Gasteiger partial charge in [-0.1, -0.05) is 31.9 Å². The van der Waals surface area contributed by atoms with Gasteiger partial charge in [-0.25, -0.2) is 4.79 Å². The maximum absolute atomic E-state index is 11.8. The molecule has 6 heteroatoms. The SMILES string of the molecule is COC(=O)C(Oc1ccc(Br)cc1)Oc1ccc(Br)cc1. The fraction of sp³-hybridized carbons (Fsp3) is 0.133. The van der Waals surface area contributed by atoms with Crippen molar-refractivity contribution >= 4 is 37.8 Å². The van der Waals surface area contributed by atoms with E-state index in [1.165, 1.54) is 7.11 Å². The highest BCUT2D eigenvalue weighted by Crippen LogP contribution is 2.21. The van der Waals surface area contributed by atoms with Gasteiger partial charge in [0.1, 0.15) is 11.5 Å². The van der Waals surface area contributed by atoms with Crippen LogP contribution in [-0.4, -0.2) is 19.4 Å². The van der Waals surface area contributed by atoms with Crippen LogP contribution in [0.25, 0.3) is 0 Å².